The standard InChI is InChI=1S/C25H25P/c1-20-13-14-21-15-17-25(18-16-22(21)19-20)26(2,23-9-5-3-6-10-23)24-11-7-4-8-12-24/h3-7,9-11,13-17,19H,2,8,12,18H2,1H3. The van der Waals surface area contributed by atoms with E-state index in [2.05, 4.69) is 91.9 Å². The lowest BCUT2D eigenvalue weighted by molar-refractivity contribution is 1.02. The molecule has 0 heterocycles. The molecule has 1 unspecified atom stereocenters. The van der Waals surface area contributed by atoms with Crippen LogP contribution in [-0.4, -0.2) is 6.30 Å². The van der Waals surface area contributed by atoms with Gasteiger partial charge in [0.25, 0.3) is 0 Å². The molecule has 0 radical (unpaired) electrons. The van der Waals surface area contributed by atoms with Gasteiger partial charge in [0.1, 0.15) is 0 Å². The third-order valence-electron chi connectivity index (χ3n) is 5.40. The number of fused-ring (bicyclic) bond motifs is 1. The van der Waals surface area contributed by atoms with E-state index in [9.17, 15) is 0 Å². The molecule has 0 saturated carbocycles. The first-order valence-electron chi connectivity index (χ1n) is 9.31. The minimum atomic E-state index is -1.78. The van der Waals surface area contributed by atoms with Gasteiger partial charge in [0.15, 0.2) is 0 Å². The highest BCUT2D eigenvalue weighted by atomic mass is 31.2. The smallest absolute Gasteiger partial charge is 0.00783 e. The maximum Gasteiger partial charge on any atom is -0.00783 e. The number of benzene rings is 2. The van der Waals surface area contributed by atoms with Gasteiger partial charge in [0.2, 0.25) is 0 Å². The number of rotatable bonds is 3. The van der Waals surface area contributed by atoms with Crippen molar-refractivity contribution in [3.8, 4) is 0 Å². The Hall–Kier alpha value is -2.30. The van der Waals surface area contributed by atoms with Crippen LogP contribution in [0, 0.1) is 6.92 Å². The average molecular weight is 356 g/mol. The van der Waals surface area contributed by atoms with E-state index >= 15 is 0 Å². The van der Waals surface area contributed by atoms with Crippen molar-refractivity contribution in [1.29, 1.82) is 0 Å². The molecule has 0 bridgehead atoms. The zero-order valence-corrected chi connectivity index (χ0v) is 16.3. The van der Waals surface area contributed by atoms with Crippen LogP contribution in [0.2, 0.25) is 0 Å². The summed E-state index contributed by atoms with van der Waals surface area (Å²) >= 11 is 0. The van der Waals surface area contributed by atoms with E-state index in [1.165, 1.54) is 31.9 Å². The highest BCUT2D eigenvalue weighted by Crippen LogP contribution is 2.62. The fourth-order valence-electron chi connectivity index (χ4n) is 3.88. The van der Waals surface area contributed by atoms with Gasteiger partial charge in [-0.1, -0.05) is 96.8 Å². The van der Waals surface area contributed by atoms with Gasteiger partial charge >= 0.3 is 0 Å². The lowest BCUT2D eigenvalue weighted by Crippen LogP contribution is -2.23. The molecular formula is C25H25P. The highest BCUT2D eigenvalue weighted by Gasteiger charge is 2.26. The topological polar surface area (TPSA) is 0 Å². The Balaban J connectivity index is 1.88. The van der Waals surface area contributed by atoms with Crippen molar-refractivity contribution < 1.29 is 0 Å². The molecule has 2 aromatic rings. The van der Waals surface area contributed by atoms with Crippen LogP contribution in [-0.2, 0) is 0 Å². The molecule has 0 aliphatic heterocycles. The van der Waals surface area contributed by atoms with Crippen LogP contribution < -0.4 is 15.7 Å². The number of aryl methyl sites for hydroxylation is 1. The maximum absolute atomic E-state index is 4.91. The van der Waals surface area contributed by atoms with Crippen LogP contribution in [0.4, 0.5) is 0 Å². The Kier molecular flexibility index (Phi) is 4.70. The Labute approximate surface area is 156 Å². The van der Waals surface area contributed by atoms with Gasteiger partial charge < -0.3 is 0 Å². The summed E-state index contributed by atoms with van der Waals surface area (Å²) in [6.07, 6.45) is 21.9. The van der Waals surface area contributed by atoms with Crippen molar-refractivity contribution in [2.24, 2.45) is 0 Å². The van der Waals surface area contributed by atoms with E-state index in [-0.39, 0.29) is 0 Å². The molecule has 130 valence electrons. The van der Waals surface area contributed by atoms with E-state index in [4.69, 9.17) is 6.30 Å². The summed E-state index contributed by atoms with van der Waals surface area (Å²) in [7, 11) is 0. The van der Waals surface area contributed by atoms with Crippen LogP contribution in [0.15, 0.2) is 83.5 Å². The quantitative estimate of drug-likeness (QED) is 0.690. The maximum atomic E-state index is 4.91. The first-order valence-corrected chi connectivity index (χ1v) is 11.3. The van der Waals surface area contributed by atoms with Crippen LogP contribution >= 0.6 is 6.89 Å². The van der Waals surface area contributed by atoms with E-state index < -0.39 is 6.89 Å². The second kappa shape index (κ2) is 7.14. The first kappa shape index (κ1) is 17.1. The minimum absolute atomic E-state index is 0.972. The molecule has 2 aliphatic carbocycles. The summed E-state index contributed by atoms with van der Waals surface area (Å²) in [6.45, 7) is 0.380. The summed E-state index contributed by atoms with van der Waals surface area (Å²) in [5, 5.41) is 7.02. The molecule has 1 atom stereocenters. The molecule has 0 amide bonds. The van der Waals surface area contributed by atoms with Crippen molar-refractivity contribution in [1.82, 2.24) is 0 Å². The SMILES string of the molecule is C=P(C1=CC=c2ccc(C)cc2=CC1)(C1=CC=CCC1)c1ccccc1. The zero-order chi connectivity index (χ0) is 18.0. The lowest BCUT2D eigenvalue weighted by Gasteiger charge is -2.31. The van der Waals surface area contributed by atoms with Crippen molar-refractivity contribution in [3.63, 3.8) is 0 Å². The molecule has 2 aromatic carbocycles. The van der Waals surface area contributed by atoms with Gasteiger partial charge in [-0.15, -0.1) is 0 Å². The van der Waals surface area contributed by atoms with Gasteiger partial charge in [-0.2, -0.15) is 0 Å². The third kappa shape index (κ3) is 3.11. The Morgan fingerprint density at radius 3 is 2.50 bits per heavy atom. The van der Waals surface area contributed by atoms with Crippen LogP contribution in [0.25, 0.3) is 12.2 Å². The largest absolute Gasteiger partial charge is 0.0892 e. The molecule has 2 aliphatic rings. The zero-order valence-electron chi connectivity index (χ0n) is 15.4. The fourth-order valence-corrected chi connectivity index (χ4v) is 7.18. The minimum Gasteiger partial charge on any atom is -0.0892 e. The molecular weight excluding hydrogens is 331 g/mol. The fraction of sp³-hybridized carbons (Fsp3) is 0.160. The molecule has 0 fully saturated rings. The monoisotopic (exact) mass is 356 g/mol. The van der Waals surface area contributed by atoms with E-state index in [0.29, 0.717) is 0 Å². The first-order chi connectivity index (χ1) is 12.7. The van der Waals surface area contributed by atoms with Gasteiger partial charge in [0.05, 0.1) is 0 Å². The summed E-state index contributed by atoms with van der Waals surface area (Å²) in [6, 6.07) is 17.6. The molecule has 0 aromatic heterocycles. The third-order valence-corrected chi connectivity index (χ3v) is 9.24. The van der Waals surface area contributed by atoms with Crippen LogP contribution in [0.5, 0.6) is 0 Å². The number of hydrogen-bond acceptors (Lipinski definition) is 0. The van der Waals surface area contributed by atoms with Gasteiger partial charge in [0, 0.05) is 0 Å². The molecule has 26 heavy (non-hydrogen) atoms. The van der Waals surface area contributed by atoms with E-state index in [1.54, 1.807) is 0 Å². The van der Waals surface area contributed by atoms with Gasteiger partial charge in [-0.25, -0.2) is 0 Å². The van der Waals surface area contributed by atoms with Crippen molar-refractivity contribution in [2.75, 3.05) is 0 Å². The van der Waals surface area contributed by atoms with E-state index in [1.807, 2.05) is 0 Å². The molecule has 1 heteroatoms. The van der Waals surface area contributed by atoms with E-state index in [0.717, 1.165) is 19.3 Å². The Morgan fingerprint density at radius 2 is 1.73 bits per heavy atom. The number of hydrogen-bond donors (Lipinski definition) is 0. The highest BCUT2D eigenvalue weighted by molar-refractivity contribution is 7.87. The molecule has 0 spiro atoms. The molecule has 4 rings (SSSR count). The molecule has 0 saturated heterocycles. The second-order valence-corrected chi connectivity index (χ2v) is 10.4. The van der Waals surface area contributed by atoms with Gasteiger partial charge in [-0.05, 0) is 59.4 Å². The Bertz CT molecular complexity index is 1080. The normalized spacial score (nSPS) is 18.3. The van der Waals surface area contributed by atoms with Gasteiger partial charge in [-0.3, -0.25) is 0 Å². The predicted octanol–water partition coefficient (Wildman–Crippen LogP) is 4.85. The summed E-state index contributed by atoms with van der Waals surface area (Å²) in [4.78, 5) is 0. The second-order valence-electron chi connectivity index (χ2n) is 7.14. The van der Waals surface area contributed by atoms with Crippen LogP contribution in [0.3, 0.4) is 0 Å². The van der Waals surface area contributed by atoms with Crippen molar-refractivity contribution in [3.05, 3.63) is 99.5 Å². The van der Waals surface area contributed by atoms with Crippen molar-refractivity contribution >= 4 is 30.6 Å². The molecule has 0 N–H and O–H groups in total. The average Bonchev–Trinajstić information content (AvgIpc) is 2.91. The summed E-state index contributed by atoms with van der Waals surface area (Å²) in [5.74, 6) is 0. The number of allylic oxidation sites excluding steroid dienone is 6. The molecule has 0 nitrogen and oxygen atoms in total. The predicted molar refractivity (Wildman–Crippen MR) is 119 cm³/mol. The summed E-state index contributed by atoms with van der Waals surface area (Å²) in [5.41, 5.74) is 1.32. The summed E-state index contributed by atoms with van der Waals surface area (Å²) < 4.78 is 0. The van der Waals surface area contributed by atoms with Crippen molar-refractivity contribution in [2.45, 2.75) is 26.2 Å². The lowest BCUT2D eigenvalue weighted by atomic mass is 10.1. The van der Waals surface area contributed by atoms with Crippen LogP contribution in [0.1, 0.15) is 24.8 Å². The Morgan fingerprint density at radius 1 is 0.885 bits per heavy atom.